The molecule has 0 atom stereocenters. The van der Waals surface area contributed by atoms with Crippen LogP contribution in [0.1, 0.15) is 6.42 Å². The van der Waals surface area contributed by atoms with Crippen LogP contribution >= 0.6 is 11.6 Å². The Balaban J connectivity index is 1.99. The summed E-state index contributed by atoms with van der Waals surface area (Å²) < 4.78 is 34.2. The van der Waals surface area contributed by atoms with Gasteiger partial charge in [-0.15, -0.1) is 0 Å². The third-order valence-electron chi connectivity index (χ3n) is 2.97. The van der Waals surface area contributed by atoms with Gasteiger partial charge in [0, 0.05) is 30.5 Å². The average Bonchev–Trinajstić information content (AvgIpc) is 2.97. The molecule has 0 radical (unpaired) electrons. The van der Waals surface area contributed by atoms with Crippen LogP contribution < -0.4 is 9.46 Å². The smallest absolute Gasteiger partial charge is 0.244 e. The van der Waals surface area contributed by atoms with E-state index < -0.39 is 10.0 Å². The summed E-state index contributed by atoms with van der Waals surface area (Å²) in [5.41, 5.74) is 0. The van der Waals surface area contributed by atoms with Gasteiger partial charge in [-0.2, -0.15) is 0 Å². The Morgan fingerprint density at radius 2 is 2.00 bits per heavy atom. The Hall–Kier alpha value is -1.50. The zero-order valence-electron chi connectivity index (χ0n) is 11.6. The van der Waals surface area contributed by atoms with Gasteiger partial charge in [0.15, 0.2) is 0 Å². The van der Waals surface area contributed by atoms with Crippen LogP contribution in [0.2, 0.25) is 5.02 Å². The molecule has 0 fully saturated rings. The molecule has 5 nitrogen and oxygen atoms in total. The molecule has 114 valence electrons. The number of hydrogen-bond donors (Lipinski definition) is 1. The number of nitrogens with zero attached hydrogens (tertiary/aromatic N) is 1. The van der Waals surface area contributed by atoms with E-state index in [1.54, 1.807) is 6.07 Å². The van der Waals surface area contributed by atoms with Gasteiger partial charge in [-0.1, -0.05) is 11.6 Å². The van der Waals surface area contributed by atoms with Gasteiger partial charge in [0.1, 0.15) is 10.6 Å². The fourth-order valence-electron chi connectivity index (χ4n) is 1.93. The minimum atomic E-state index is -3.64. The third-order valence-corrected chi connectivity index (χ3v) is 4.68. The van der Waals surface area contributed by atoms with Crippen molar-refractivity contribution in [3.8, 4) is 5.75 Å². The van der Waals surface area contributed by atoms with Crippen molar-refractivity contribution in [3.05, 3.63) is 47.7 Å². The Morgan fingerprint density at radius 1 is 1.29 bits per heavy atom. The van der Waals surface area contributed by atoms with Crippen molar-refractivity contribution in [3.63, 3.8) is 0 Å². The molecule has 0 saturated heterocycles. The molecule has 0 aliphatic rings. The average molecular weight is 329 g/mol. The lowest BCUT2D eigenvalue weighted by molar-refractivity contribution is 0.402. The van der Waals surface area contributed by atoms with E-state index in [-0.39, 0.29) is 10.6 Å². The predicted molar refractivity (Wildman–Crippen MR) is 82.2 cm³/mol. The maximum atomic E-state index is 12.3. The number of aromatic nitrogens is 1. The van der Waals surface area contributed by atoms with Crippen LogP contribution in [0.3, 0.4) is 0 Å². The molecule has 0 aliphatic heterocycles. The van der Waals surface area contributed by atoms with Gasteiger partial charge < -0.3 is 9.30 Å². The van der Waals surface area contributed by atoms with Crippen LogP contribution in [-0.2, 0) is 16.6 Å². The second-order valence-corrected chi connectivity index (χ2v) is 6.64. The molecule has 0 saturated carbocycles. The molecule has 21 heavy (non-hydrogen) atoms. The zero-order valence-corrected chi connectivity index (χ0v) is 13.2. The van der Waals surface area contributed by atoms with Gasteiger partial charge in [-0.3, -0.25) is 0 Å². The minimum absolute atomic E-state index is 0.0541. The van der Waals surface area contributed by atoms with Crippen LogP contribution in [0, 0.1) is 0 Å². The van der Waals surface area contributed by atoms with Crippen molar-refractivity contribution >= 4 is 21.6 Å². The number of ether oxygens (including phenoxy) is 1. The van der Waals surface area contributed by atoms with Crippen molar-refractivity contribution < 1.29 is 13.2 Å². The van der Waals surface area contributed by atoms with Crippen molar-refractivity contribution in [1.29, 1.82) is 0 Å². The first-order valence-electron chi connectivity index (χ1n) is 6.47. The number of aryl methyl sites for hydroxylation is 1. The molecular formula is C14H17ClN2O3S. The molecule has 2 rings (SSSR count). The maximum absolute atomic E-state index is 12.3. The van der Waals surface area contributed by atoms with Crippen LogP contribution in [0.5, 0.6) is 5.75 Å². The van der Waals surface area contributed by atoms with Gasteiger partial charge >= 0.3 is 0 Å². The topological polar surface area (TPSA) is 60.3 Å². The summed E-state index contributed by atoms with van der Waals surface area (Å²) in [6.45, 7) is 1.10. The van der Waals surface area contributed by atoms with Crippen molar-refractivity contribution in [2.24, 2.45) is 0 Å². The molecular weight excluding hydrogens is 312 g/mol. The lowest BCUT2D eigenvalue weighted by atomic mass is 10.3. The molecule has 1 aromatic carbocycles. The molecule has 0 aliphatic carbocycles. The molecule has 7 heteroatoms. The fourth-order valence-corrected chi connectivity index (χ4v) is 3.43. The monoisotopic (exact) mass is 328 g/mol. The van der Waals surface area contributed by atoms with Crippen LogP contribution in [0.25, 0.3) is 0 Å². The Labute approximate surface area is 129 Å². The second-order valence-electron chi connectivity index (χ2n) is 4.47. The van der Waals surface area contributed by atoms with Crippen molar-refractivity contribution in [1.82, 2.24) is 9.29 Å². The highest BCUT2D eigenvalue weighted by Crippen LogP contribution is 2.26. The fraction of sp³-hybridized carbons (Fsp3) is 0.286. The summed E-state index contributed by atoms with van der Waals surface area (Å²) >= 11 is 5.86. The van der Waals surface area contributed by atoms with E-state index in [0.29, 0.717) is 18.0 Å². The van der Waals surface area contributed by atoms with Crippen LogP contribution in [0.4, 0.5) is 0 Å². The third kappa shape index (κ3) is 4.23. The lowest BCUT2D eigenvalue weighted by Gasteiger charge is -2.11. The molecule has 1 heterocycles. The van der Waals surface area contributed by atoms with Crippen molar-refractivity contribution in [2.45, 2.75) is 17.9 Å². The van der Waals surface area contributed by atoms with Gasteiger partial charge in [0.2, 0.25) is 10.0 Å². The SMILES string of the molecule is COc1ccc(Cl)cc1S(=O)(=O)NCCCn1cccc1. The quantitative estimate of drug-likeness (QED) is 0.794. The molecule has 0 unspecified atom stereocenters. The summed E-state index contributed by atoms with van der Waals surface area (Å²) in [5, 5.41) is 0.350. The first-order valence-corrected chi connectivity index (χ1v) is 8.33. The highest BCUT2D eigenvalue weighted by Gasteiger charge is 2.19. The summed E-state index contributed by atoms with van der Waals surface area (Å²) in [6.07, 6.45) is 4.57. The van der Waals surface area contributed by atoms with Crippen LogP contribution in [-0.4, -0.2) is 26.6 Å². The second kappa shape index (κ2) is 6.98. The van der Waals surface area contributed by atoms with Gasteiger partial charge in [0.05, 0.1) is 7.11 Å². The number of hydrogen-bond acceptors (Lipinski definition) is 3. The van der Waals surface area contributed by atoms with E-state index in [1.807, 2.05) is 29.1 Å². The number of halogens is 1. The minimum Gasteiger partial charge on any atom is -0.495 e. The Kier molecular flexibility index (Phi) is 5.27. The normalized spacial score (nSPS) is 11.5. The Bertz CT molecular complexity index is 684. The Morgan fingerprint density at radius 3 is 2.67 bits per heavy atom. The molecule has 1 aromatic heterocycles. The number of benzene rings is 1. The molecule has 0 bridgehead atoms. The molecule has 0 spiro atoms. The van der Waals surface area contributed by atoms with Gasteiger partial charge in [-0.05, 0) is 36.8 Å². The first kappa shape index (κ1) is 15.9. The van der Waals surface area contributed by atoms with E-state index in [0.717, 1.165) is 6.54 Å². The van der Waals surface area contributed by atoms with E-state index in [9.17, 15) is 8.42 Å². The summed E-state index contributed by atoms with van der Waals surface area (Å²) in [4.78, 5) is 0.0541. The van der Waals surface area contributed by atoms with E-state index in [4.69, 9.17) is 16.3 Å². The summed E-state index contributed by atoms with van der Waals surface area (Å²) in [6, 6.07) is 8.37. The molecule has 0 amide bonds. The largest absolute Gasteiger partial charge is 0.495 e. The first-order chi connectivity index (χ1) is 10.0. The van der Waals surface area contributed by atoms with E-state index in [1.165, 1.54) is 19.2 Å². The zero-order chi connectivity index (χ0) is 15.3. The van der Waals surface area contributed by atoms with E-state index >= 15 is 0 Å². The number of nitrogens with one attached hydrogen (secondary N) is 1. The maximum Gasteiger partial charge on any atom is 0.244 e. The van der Waals surface area contributed by atoms with E-state index in [2.05, 4.69) is 4.72 Å². The predicted octanol–water partition coefficient (Wildman–Crippen LogP) is 2.52. The van der Waals surface area contributed by atoms with Crippen molar-refractivity contribution in [2.75, 3.05) is 13.7 Å². The summed E-state index contributed by atoms with van der Waals surface area (Å²) in [7, 11) is -2.21. The highest BCUT2D eigenvalue weighted by atomic mass is 35.5. The standard InChI is InChI=1S/C14H17ClN2O3S/c1-20-13-6-5-12(15)11-14(13)21(18,19)16-7-4-10-17-8-2-3-9-17/h2-3,5-6,8-9,11,16H,4,7,10H2,1H3. The summed E-state index contributed by atoms with van der Waals surface area (Å²) in [5.74, 6) is 0.275. The van der Waals surface area contributed by atoms with Crippen LogP contribution in [0.15, 0.2) is 47.6 Å². The van der Waals surface area contributed by atoms with Gasteiger partial charge in [-0.25, -0.2) is 13.1 Å². The number of sulfonamides is 1. The van der Waals surface area contributed by atoms with Gasteiger partial charge in [0.25, 0.3) is 0 Å². The number of methoxy groups -OCH3 is 1. The molecule has 1 N–H and O–H groups in total. The molecule has 2 aromatic rings. The number of rotatable bonds is 7. The highest BCUT2D eigenvalue weighted by molar-refractivity contribution is 7.89. The lowest BCUT2D eigenvalue weighted by Crippen LogP contribution is -2.26.